The molecule has 4 N–H and O–H groups in total. The van der Waals surface area contributed by atoms with Crippen LogP contribution in [-0.4, -0.2) is 34.3 Å². The maximum absolute atomic E-state index is 11.4. The van der Waals surface area contributed by atoms with Gasteiger partial charge in [0.25, 0.3) is 0 Å². The third-order valence-electron chi connectivity index (χ3n) is 4.13. The summed E-state index contributed by atoms with van der Waals surface area (Å²) < 4.78 is 24.4. The third kappa shape index (κ3) is 4.08. The minimum absolute atomic E-state index is 0.0102. The van der Waals surface area contributed by atoms with Crippen LogP contribution in [0.2, 0.25) is 0 Å². The topological polar surface area (TPSA) is 140 Å². The zero-order valence-corrected chi connectivity index (χ0v) is 16.9. The number of primary sulfonamides is 1. The molecular weight excluding hydrogens is 426 g/mol. The zero-order valence-electron chi connectivity index (χ0n) is 15.3. The molecule has 0 aliphatic heterocycles. The van der Waals surface area contributed by atoms with Gasteiger partial charge in [-0.05, 0) is 24.3 Å². The molecule has 2 aromatic heterocycles. The van der Waals surface area contributed by atoms with Gasteiger partial charge in [-0.15, -0.1) is 11.3 Å². The summed E-state index contributed by atoms with van der Waals surface area (Å²) in [6, 6.07) is 15.4. The summed E-state index contributed by atoms with van der Waals surface area (Å²) in [5.41, 5.74) is 2.68. The SMILES string of the molecule is NS(=O)(=O)c1ccc(Nc2cn(-c3nc(C(=O)O)cs3)nc2-c2ccccc2)cc1. The molecule has 0 atom stereocenters. The van der Waals surface area contributed by atoms with Crippen molar-refractivity contribution >= 4 is 38.7 Å². The van der Waals surface area contributed by atoms with Gasteiger partial charge in [0.15, 0.2) is 5.69 Å². The number of sulfonamides is 1. The van der Waals surface area contributed by atoms with Crippen molar-refractivity contribution < 1.29 is 18.3 Å². The van der Waals surface area contributed by atoms with E-state index >= 15 is 0 Å². The molecule has 0 bridgehead atoms. The highest BCUT2D eigenvalue weighted by atomic mass is 32.2. The number of thiazole rings is 1. The minimum atomic E-state index is -3.78. The average Bonchev–Trinajstić information content (AvgIpc) is 3.36. The van der Waals surface area contributed by atoms with Crippen LogP contribution in [0.5, 0.6) is 0 Å². The van der Waals surface area contributed by atoms with E-state index in [9.17, 15) is 13.2 Å². The van der Waals surface area contributed by atoms with Crippen LogP contribution < -0.4 is 10.5 Å². The fourth-order valence-corrected chi connectivity index (χ4v) is 3.96. The quantitative estimate of drug-likeness (QED) is 0.418. The summed E-state index contributed by atoms with van der Waals surface area (Å²) in [6.45, 7) is 0. The van der Waals surface area contributed by atoms with Gasteiger partial charge in [-0.3, -0.25) is 0 Å². The van der Waals surface area contributed by atoms with Crippen LogP contribution in [0.1, 0.15) is 10.5 Å². The molecular formula is C19H15N5O4S2. The number of benzene rings is 2. The lowest BCUT2D eigenvalue weighted by molar-refractivity contribution is 0.0691. The number of carboxylic acid groups (broad SMARTS) is 1. The van der Waals surface area contributed by atoms with Crippen molar-refractivity contribution in [1.29, 1.82) is 0 Å². The smallest absolute Gasteiger partial charge is 0.355 e. The molecule has 0 aliphatic carbocycles. The van der Waals surface area contributed by atoms with E-state index in [-0.39, 0.29) is 10.6 Å². The molecule has 0 amide bonds. The van der Waals surface area contributed by atoms with E-state index in [1.54, 1.807) is 18.3 Å². The van der Waals surface area contributed by atoms with Gasteiger partial charge in [0.05, 0.1) is 16.8 Å². The Hall–Kier alpha value is -3.54. The highest BCUT2D eigenvalue weighted by molar-refractivity contribution is 7.89. The average molecular weight is 441 g/mol. The molecule has 0 fully saturated rings. The lowest BCUT2D eigenvalue weighted by Gasteiger charge is -2.07. The molecule has 0 saturated heterocycles. The molecule has 30 heavy (non-hydrogen) atoms. The van der Waals surface area contributed by atoms with E-state index in [0.717, 1.165) is 16.9 Å². The molecule has 4 aromatic rings. The molecule has 2 aromatic carbocycles. The number of aromatic nitrogens is 3. The number of anilines is 2. The van der Waals surface area contributed by atoms with E-state index in [2.05, 4.69) is 15.4 Å². The standard InChI is InChI=1S/C19H15N5O4S2/c20-30(27,28)14-8-6-13(7-9-14)21-15-10-24(19-22-16(11-29-19)18(25)26)23-17(15)12-4-2-1-3-5-12/h1-11,21H,(H,25,26)(H2,20,27,28). The van der Waals surface area contributed by atoms with Gasteiger partial charge < -0.3 is 10.4 Å². The first-order valence-electron chi connectivity index (χ1n) is 8.55. The van der Waals surface area contributed by atoms with Gasteiger partial charge in [0.2, 0.25) is 15.2 Å². The predicted octanol–water partition coefficient (Wildman–Crippen LogP) is 3.09. The summed E-state index contributed by atoms with van der Waals surface area (Å²) >= 11 is 1.16. The van der Waals surface area contributed by atoms with Crippen molar-refractivity contribution in [3.05, 3.63) is 71.9 Å². The maximum atomic E-state index is 11.4. The number of carbonyl (C=O) groups is 1. The summed E-state index contributed by atoms with van der Waals surface area (Å²) in [5.74, 6) is -1.11. The largest absolute Gasteiger partial charge is 0.476 e. The minimum Gasteiger partial charge on any atom is -0.476 e. The number of rotatable bonds is 6. The Morgan fingerprint density at radius 1 is 1.10 bits per heavy atom. The molecule has 4 rings (SSSR count). The zero-order chi connectivity index (χ0) is 21.3. The van der Waals surface area contributed by atoms with E-state index in [1.807, 2.05) is 30.3 Å². The second-order valence-electron chi connectivity index (χ2n) is 6.22. The first-order valence-corrected chi connectivity index (χ1v) is 11.0. The number of hydrogen-bond donors (Lipinski definition) is 3. The molecule has 0 spiro atoms. The lowest BCUT2D eigenvalue weighted by Crippen LogP contribution is -2.11. The Bertz CT molecular complexity index is 1310. The van der Waals surface area contributed by atoms with Gasteiger partial charge in [-0.25, -0.2) is 28.0 Å². The van der Waals surface area contributed by atoms with E-state index < -0.39 is 16.0 Å². The van der Waals surface area contributed by atoms with Crippen molar-refractivity contribution in [2.24, 2.45) is 5.14 Å². The Kier molecular flexibility index (Phi) is 5.08. The molecule has 0 saturated carbocycles. The Balaban J connectivity index is 1.73. The first kappa shape index (κ1) is 19.8. The highest BCUT2D eigenvalue weighted by Gasteiger charge is 2.16. The van der Waals surface area contributed by atoms with Crippen LogP contribution in [0, 0.1) is 0 Å². The van der Waals surface area contributed by atoms with Crippen molar-refractivity contribution in [3.8, 4) is 16.4 Å². The Morgan fingerprint density at radius 3 is 2.40 bits per heavy atom. The van der Waals surface area contributed by atoms with Gasteiger partial charge in [-0.1, -0.05) is 30.3 Å². The van der Waals surface area contributed by atoms with Crippen molar-refractivity contribution in [2.45, 2.75) is 4.90 Å². The fourth-order valence-electron chi connectivity index (χ4n) is 2.72. The molecule has 11 heteroatoms. The van der Waals surface area contributed by atoms with Gasteiger partial charge >= 0.3 is 5.97 Å². The van der Waals surface area contributed by atoms with Gasteiger partial charge in [0.1, 0.15) is 5.69 Å². The molecule has 152 valence electrons. The maximum Gasteiger partial charge on any atom is 0.355 e. The first-order chi connectivity index (χ1) is 14.3. The highest BCUT2D eigenvalue weighted by Crippen LogP contribution is 2.31. The molecule has 0 unspecified atom stereocenters. The van der Waals surface area contributed by atoms with Crippen LogP contribution in [0.25, 0.3) is 16.4 Å². The molecule has 9 nitrogen and oxygen atoms in total. The summed E-state index contributed by atoms with van der Waals surface area (Å²) in [6.07, 6.45) is 1.69. The normalized spacial score (nSPS) is 11.4. The number of nitrogens with zero attached hydrogens (tertiary/aromatic N) is 3. The molecule has 0 aliphatic rings. The molecule has 2 heterocycles. The third-order valence-corrected chi connectivity index (χ3v) is 5.89. The van der Waals surface area contributed by atoms with Crippen LogP contribution in [0.3, 0.4) is 0 Å². The second kappa shape index (κ2) is 7.71. The predicted molar refractivity (Wildman–Crippen MR) is 113 cm³/mol. The second-order valence-corrected chi connectivity index (χ2v) is 8.61. The van der Waals surface area contributed by atoms with Gasteiger partial charge in [-0.2, -0.15) is 5.10 Å². The number of nitrogens with one attached hydrogen (secondary N) is 1. The van der Waals surface area contributed by atoms with Crippen LogP contribution in [0.4, 0.5) is 11.4 Å². The van der Waals surface area contributed by atoms with Crippen molar-refractivity contribution in [2.75, 3.05) is 5.32 Å². The number of hydrogen-bond acceptors (Lipinski definition) is 7. The van der Waals surface area contributed by atoms with Gasteiger partial charge in [0, 0.05) is 16.6 Å². The monoisotopic (exact) mass is 441 g/mol. The number of nitrogens with two attached hydrogens (primary N) is 1. The Morgan fingerprint density at radius 2 is 1.80 bits per heavy atom. The van der Waals surface area contributed by atoms with E-state index in [0.29, 0.717) is 22.2 Å². The summed E-state index contributed by atoms with van der Waals surface area (Å²) in [7, 11) is -3.78. The number of carboxylic acids is 1. The summed E-state index contributed by atoms with van der Waals surface area (Å²) in [5, 5.41) is 23.9. The van der Waals surface area contributed by atoms with Crippen LogP contribution in [0.15, 0.2) is 71.1 Å². The fraction of sp³-hybridized carbons (Fsp3) is 0. The molecule has 0 radical (unpaired) electrons. The van der Waals surface area contributed by atoms with Crippen molar-refractivity contribution in [3.63, 3.8) is 0 Å². The summed E-state index contributed by atoms with van der Waals surface area (Å²) in [4.78, 5) is 15.2. The van der Waals surface area contributed by atoms with Crippen LogP contribution in [-0.2, 0) is 10.0 Å². The lowest BCUT2D eigenvalue weighted by atomic mass is 10.1. The van der Waals surface area contributed by atoms with Crippen molar-refractivity contribution in [1.82, 2.24) is 14.8 Å². The van der Waals surface area contributed by atoms with E-state index in [4.69, 9.17) is 10.2 Å². The van der Waals surface area contributed by atoms with Crippen LogP contribution >= 0.6 is 11.3 Å². The Labute approximate surface area is 175 Å². The van der Waals surface area contributed by atoms with E-state index in [1.165, 1.54) is 22.2 Å². The number of aromatic carboxylic acids is 1.